The largest absolute Gasteiger partial charge is 0.434 e. The number of benzene rings is 1. The Morgan fingerprint density at radius 3 is 2.85 bits per heavy atom. The number of para-hydroxylation sites is 1. The van der Waals surface area contributed by atoms with Gasteiger partial charge in [-0.15, -0.1) is 11.3 Å². The number of fused-ring (bicyclic) bond motifs is 4. The summed E-state index contributed by atoms with van der Waals surface area (Å²) in [6.45, 7) is 1.88. The summed E-state index contributed by atoms with van der Waals surface area (Å²) in [7, 11) is 0. The lowest BCUT2D eigenvalue weighted by Gasteiger charge is -2.36. The van der Waals surface area contributed by atoms with E-state index < -0.39 is 6.61 Å². The van der Waals surface area contributed by atoms with Gasteiger partial charge in [-0.05, 0) is 24.8 Å². The minimum Gasteiger partial charge on any atom is -0.434 e. The molecule has 1 aromatic heterocycles. The van der Waals surface area contributed by atoms with Crippen LogP contribution in [0.15, 0.2) is 35.2 Å². The highest BCUT2D eigenvalue weighted by atomic mass is 32.1. The van der Waals surface area contributed by atoms with Gasteiger partial charge in [-0.3, -0.25) is 9.80 Å². The number of piperidine rings is 1. The van der Waals surface area contributed by atoms with Gasteiger partial charge in [0.05, 0.1) is 11.2 Å². The number of nitrogens with zero attached hydrogens (tertiary/aromatic N) is 3. The van der Waals surface area contributed by atoms with Crippen molar-refractivity contribution in [3.63, 3.8) is 0 Å². The van der Waals surface area contributed by atoms with E-state index in [4.69, 9.17) is 4.74 Å². The van der Waals surface area contributed by atoms with Crippen LogP contribution < -0.4 is 4.74 Å². The van der Waals surface area contributed by atoms with Crippen LogP contribution in [0.25, 0.3) is 0 Å². The minimum absolute atomic E-state index is 0.293. The van der Waals surface area contributed by atoms with E-state index >= 15 is 0 Å². The fourth-order valence-electron chi connectivity index (χ4n) is 4.21. The predicted octanol–water partition coefficient (Wildman–Crippen LogP) is 3.84. The predicted molar refractivity (Wildman–Crippen MR) is 97.4 cm³/mol. The molecule has 7 heteroatoms. The molecular formula is C19H23F2N3OS. The van der Waals surface area contributed by atoms with Crippen molar-refractivity contribution < 1.29 is 13.5 Å². The summed E-state index contributed by atoms with van der Waals surface area (Å²) in [4.78, 5) is 9.36. The van der Waals surface area contributed by atoms with Gasteiger partial charge < -0.3 is 4.74 Å². The van der Waals surface area contributed by atoms with Crippen molar-refractivity contribution in [3.8, 4) is 5.75 Å². The van der Waals surface area contributed by atoms with Gasteiger partial charge in [-0.2, -0.15) is 8.78 Å². The fraction of sp³-hybridized carbons (Fsp3) is 0.526. The third-order valence-corrected chi connectivity index (χ3v) is 5.97. The lowest BCUT2D eigenvalue weighted by Crippen LogP contribution is -2.43. The summed E-state index contributed by atoms with van der Waals surface area (Å²) in [5, 5.41) is 2.11. The number of rotatable bonds is 6. The van der Waals surface area contributed by atoms with Gasteiger partial charge in [0.25, 0.3) is 0 Å². The summed E-state index contributed by atoms with van der Waals surface area (Å²) in [6.07, 6.45) is 2.40. The average Bonchev–Trinajstić information content (AvgIpc) is 2.96. The molecule has 3 aliphatic heterocycles. The van der Waals surface area contributed by atoms with Crippen LogP contribution >= 0.6 is 11.3 Å². The minimum atomic E-state index is -2.79. The Labute approximate surface area is 156 Å². The molecular weight excluding hydrogens is 356 g/mol. The lowest BCUT2D eigenvalue weighted by atomic mass is 9.94. The van der Waals surface area contributed by atoms with Crippen LogP contribution in [0, 0.1) is 5.92 Å². The van der Waals surface area contributed by atoms with Gasteiger partial charge in [0.15, 0.2) is 0 Å². The molecule has 0 saturated carbocycles. The Morgan fingerprint density at radius 1 is 1.15 bits per heavy atom. The summed E-state index contributed by atoms with van der Waals surface area (Å²) in [5.74, 6) is 0.914. The zero-order valence-corrected chi connectivity index (χ0v) is 15.4. The zero-order chi connectivity index (χ0) is 17.9. The molecule has 2 aromatic rings. The quantitative estimate of drug-likeness (QED) is 0.763. The van der Waals surface area contributed by atoms with Crippen LogP contribution in [0.5, 0.6) is 5.75 Å². The summed E-state index contributed by atoms with van der Waals surface area (Å²) in [6, 6.07) is 7.60. The first-order valence-electron chi connectivity index (χ1n) is 9.03. The lowest BCUT2D eigenvalue weighted by molar-refractivity contribution is -0.0509. The van der Waals surface area contributed by atoms with Crippen LogP contribution in [-0.4, -0.2) is 47.1 Å². The number of thiazole rings is 1. The molecule has 3 fully saturated rings. The molecule has 0 unspecified atom stereocenters. The number of halogens is 2. The molecule has 5 rings (SSSR count). The SMILES string of the molecule is FC(F)Oc1ccccc1CN1C[C@H]2CC[C@@H]1CN(Cc1cscn1)C2. The third kappa shape index (κ3) is 4.22. The fourth-order valence-corrected chi connectivity index (χ4v) is 4.76. The first-order valence-corrected chi connectivity index (χ1v) is 9.98. The Morgan fingerprint density at radius 2 is 2.04 bits per heavy atom. The summed E-state index contributed by atoms with van der Waals surface area (Å²) in [5.41, 5.74) is 3.86. The third-order valence-electron chi connectivity index (χ3n) is 5.33. The van der Waals surface area contributed by atoms with E-state index in [1.165, 1.54) is 6.42 Å². The molecule has 2 bridgehead atoms. The van der Waals surface area contributed by atoms with Crippen molar-refractivity contribution in [2.75, 3.05) is 19.6 Å². The summed E-state index contributed by atoms with van der Waals surface area (Å²) < 4.78 is 30.1. The van der Waals surface area contributed by atoms with E-state index in [1.54, 1.807) is 23.5 Å². The van der Waals surface area contributed by atoms with E-state index in [0.29, 0.717) is 24.3 Å². The number of ether oxygens (including phenoxy) is 1. The molecule has 0 radical (unpaired) electrons. The standard InChI is InChI=1S/C19H23F2N3OS/c20-19(21)25-18-4-2-1-3-15(18)9-24-8-14-5-6-17(24)11-23(7-14)10-16-12-26-13-22-16/h1-4,12-14,17,19H,5-11H2/t14-,17+/m0/s1. The second-order valence-corrected chi connectivity index (χ2v) is 7.91. The molecule has 2 atom stereocenters. The first-order chi connectivity index (χ1) is 12.7. The topological polar surface area (TPSA) is 28.6 Å². The van der Waals surface area contributed by atoms with Crippen molar-refractivity contribution >= 4 is 11.3 Å². The molecule has 0 spiro atoms. The molecule has 4 nitrogen and oxygen atoms in total. The molecule has 1 aromatic carbocycles. The average molecular weight is 379 g/mol. The van der Waals surface area contributed by atoms with Crippen LogP contribution in [0.2, 0.25) is 0 Å². The molecule has 0 N–H and O–H groups in total. The van der Waals surface area contributed by atoms with Crippen molar-refractivity contribution in [2.24, 2.45) is 5.92 Å². The number of hydrogen-bond acceptors (Lipinski definition) is 5. The van der Waals surface area contributed by atoms with Gasteiger partial charge in [0.2, 0.25) is 0 Å². The summed E-state index contributed by atoms with van der Waals surface area (Å²) >= 11 is 1.64. The maximum atomic E-state index is 12.7. The number of aromatic nitrogens is 1. The Bertz CT molecular complexity index is 713. The zero-order valence-electron chi connectivity index (χ0n) is 14.6. The molecule has 3 aliphatic rings. The van der Waals surface area contributed by atoms with Crippen LogP contribution in [0.3, 0.4) is 0 Å². The molecule has 26 heavy (non-hydrogen) atoms. The highest BCUT2D eigenvalue weighted by molar-refractivity contribution is 7.07. The molecule has 140 valence electrons. The number of alkyl halides is 2. The van der Waals surface area contributed by atoms with Crippen molar-refractivity contribution in [1.29, 1.82) is 0 Å². The van der Waals surface area contributed by atoms with Crippen LogP contribution in [-0.2, 0) is 13.1 Å². The Hall–Kier alpha value is -1.57. The van der Waals surface area contributed by atoms with Crippen LogP contribution in [0.1, 0.15) is 24.1 Å². The second kappa shape index (κ2) is 7.98. The normalized spacial score (nSPS) is 24.1. The smallest absolute Gasteiger partial charge is 0.387 e. The van der Waals surface area contributed by atoms with E-state index in [0.717, 1.165) is 43.9 Å². The molecule has 0 aliphatic carbocycles. The van der Waals surface area contributed by atoms with Gasteiger partial charge in [0, 0.05) is 49.7 Å². The van der Waals surface area contributed by atoms with E-state index in [1.807, 2.05) is 17.6 Å². The van der Waals surface area contributed by atoms with Gasteiger partial charge >= 0.3 is 6.61 Å². The molecule has 0 amide bonds. The highest BCUT2D eigenvalue weighted by Crippen LogP contribution is 2.31. The van der Waals surface area contributed by atoms with E-state index in [-0.39, 0.29) is 0 Å². The van der Waals surface area contributed by atoms with Crippen molar-refractivity contribution in [2.45, 2.75) is 38.6 Å². The first kappa shape index (κ1) is 17.8. The van der Waals surface area contributed by atoms with Gasteiger partial charge in [0.1, 0.15) is 5.75 Å². The van der Waals surface area contributed by atoms with Crippen molar-refractivity contribution in [1.82, 2.24) is 14.8 Å². The highest BCUT2D eigenvalue weighted by Gasteiger charge is 2.35. The monoisotopic (exact) mass is 379 g/mol. The Balaban J connectivity index is 1.45. The molecule has 4 heterocycles. The van der Waals surface area contributed by atoms with Gasteiger partial charge in [-0.25, -0.2) is 4.98 Å². The number of hydrogen-bond donors (Lipinski definition) is 0. The van der Waals surface area contributed by atoms with E-state index in [9.17, 15) is 8.78 Å². The van der Waals surface area contributed by atoms with Gasteiger partial charge in [-0.1, -0.05) is 18.2 Å². The maximum absolute atomic E-state index is 12.7. The van der Waals surface area contributed by atoms with Crippen LogP contribution in [0.4, 0.5) is 8.78 Å². The Kier molecular flexibility index (Phi) is 5.47. The van der Waals surface area contributed by atoms with E-state index in [2.05, 4.69) is 20.2 Å². The maximum Gasteiger partial charge on any atom is 0.387 e. The van der Waals surface area contributed by atoms with Crippen molar-refractivity contribution in [3.05, 3.63) is 46.4 Å². The second-order valence-electron chi connectivity index (χ2n) is 7.19. The molecule has 3 saturated heterocycles.